The summed E-state index contributed by atoms with van der Waals surface area (Å²) in [7, 11) is 0. The molecule has 1 aromatic heterocycles. The summed E-state index contributed by atoms with van der Waals surface area (Å²) in [5, 5.41) is 21.6. The number of nitrogens with one attached hydrogen (secondary N) is 2. The average molecular weight is 486 g/mol. The number of aliphatic hydroxyl groups is 1. The highest BCUT2D eigenvalue weighted by Gasteiger charge is 2.43. The molecule has 0 radical (unpaired) electrons. The number of likely N-dealkylation sites (tertiary alicyclic amines) is 2. The smallest absolute Gasteiger partial charge is 0.328 e. The number of para-hydroxylation sites is 1. The highest BCUT2D eigenvalue weighted by Crippen LogP contribution is 2.26. The Morgan fingerprint density at radius 3 is 2.49 bits per heavy atom. The molecule has 2 aliphatic rings. The number of hydrogen-bond acceptors (Lipinski definition) is 6. The first-order valence-electron chi connectivity index (χ1n) is 11.9. The molecule has 35 heavy (non-hydrogen) atoms. The fourth-order valence-corrected chi connectivity index (χ4v) is 5.07. The zero-order valence-electron chi connectivity index (χ0n) is 19.4. The first-order valence-corrected chi connectivity index (χ1v) is 11.9. The number of benzene rings is 1. The number of carbonyl (C=O) groups is 4. The summed E-state index contributed by atoms with van der Waals surface area (Å²) in [6, 6.07) is 3.95. The molecule has 6 N–H and O–H groups in total. The number of rotatable bonds is 8. The summed E-state index contributed by atoms with van der Waals surface area (Å²) in [5.74, 6) is -2.61. The van der Waals surface area contributed by atoms with Gasteiger partial charge < -0.3 is 36.0 Å². The van der Waals surface area contributed by atoms with Crippen molar-refractivity contribution in [2.45, 2.75) is 56.3 Å². The zero-order chi connectivity index (χ0) is 25.1. The van der Waals surface area contributed by atoms with Crippen molar-refractivity contribution in [2.24, 2.45) is 5.73 Å². The van der Waals surface area contributed by atoms with Gasteiger partial charge in [0.05, 0.1) is 12.6 Å². The van der Waals surface area contributed by atoms with Crippen molar-refractivity contribution < 1.29 is 29.4 Å². The Morgan fingerprint density at radius 1 is 1.09 bits per heavy atom. The molecule has 2 saturated heterocycles. The third-order valence-electron chi connectivity index (χ3n) is 6.89. The van der Waals surface area contributed by atoms with Crippen LogP contribution in [0.3, 0.4) is 0 Å². The van der Waals surface area contributed by atoms with E-state index in [0.29, 0.717) is 45.2 Å². The number of nitrogens with two attached hydrogens (primary N) is 1. The van der Waals surface area contributed by atoms with Crippen LogP contribution in [0.2, 0.25) is 0 Å². The summed E-state index contributed by atoms with van der Waals surface area (Å²) in [5.41, 5.74) is 8.18. The molecular weight excluding hydrogens is 454 g/mol. The van der Waals surface area contributed by atoms with Gasteiger partial charge in [-0.1, -0.05) is 18.2 Å². The van der Waals surface area contributed by atoms with Crippen LogP contribution in [-0.4, -0.2) is 92.6 Å². The van der Waals surface area contributed by atoms with Gasteiger partial charge in [-0.25, -0.2) is 4.79 Å². The minimum Gasteiger partial charge on any atom is -0.480 e. The number of nitrogens with zero attached hydrogens (tertiary/aromatic N) is 2. The molecule has 3 amide bonds. The molecule has 188 valence electrons. The lowest BCUT2D eigenvalue weighted by molar-refractivity contribution is -0.148. The highest BCUT2D eigenvalue weighted by atomic mass is 16.4. The first-order chi connectivity index (χ1) is 16.8. The predicted octanol–water partition coefficient (Wildman–Crippen LogP) is -0.419. The van der Waals surface area contributed by atoms with Crippen LogP contribution < -0.4 is 11.1 Å². The number of carboxylic acids is 1. The van der Waals surface area contributed by atoms with E-state index in [9.17, 15) is 24.3 Å². The van der Waals surface area contributed by atoms with Crippen molar-refractivity contribution in [3.05, 3.63) is 36.0 Å². The third kappa shape index (κ3) is 5.01. The lowest BCUT2D eigenvalue weighted by Crippen LogP contribution is -2.56. The van der Waals surface area contributed by atoms with Gasteiger partial charge in [-0.05, 0) is 43.7 Å². The Balaban J connectivity index is 1.43. The first kappa shape index (κ1) is 24.7. The molecule has 2 fully saturated rings. The van der Waals surface area contributed by atoms with Crippen molar-refractivity contribution in [2.75, 3.05) is 19.7 Å². The van der Waals surface area contributed by atoms with Gasteiger partial charge in [0.15, 0.2) is 0 Å². The van der Waals surface area contributed by atoms with E-state index in [1.165, 1.54) is 9.80 Å². The maximum atomic E-state index is 13.4. The van der Waals surface area contributed by atoms with Gasteiger partial charge in [-0.2, -0.15) is 0 Å². The van der Waals surface area contributed by atoms with E-state index in [1.54, 1.807) is 0 Å². The van der Waals surface area contributed by atoms with E-state index in [4.69, 9.17) is 10.8 Å². The van der Waals surface area contributed by atoms with E-state index >= 15 is 0 Å². The number of amides is 3. The van der Waals surface area contributed by atoms with Crippen molar-refractivity contribution in [1.29, 1.82) is 0 Å². The molecule has 11 nitrogen and oxygen atoms in total. The molecule has 0 aliphatic carbocycles. The van der Waals surface area contributed by atoms with Crippen LogP contribution in [0.5, 0.6) is 0 Å². The van der Waals surface area contributed by atoms with Gasteiger partial charge >= 0.3 is 5.97 Å². The van der Waals surface area contributed by atoms with E-state index in [1.807, 2.05) is 30.5 Å². The second kappa shape index (κ2) is 10.4. The molecule has 2 aromatic rings. The minimum atomic E-state index is -1.44. The van der Waals surface area contributed by atoms with Crippen LogP contribution in [0.1, 0.15) is 31.2 Å². The Kier molecular flexibility index (Phi) is 7.37. The number of carboxylic acid groups (broad SMARTS) is 1. The van der Waals surface area contributed by atoms with Gasteiger partial charge in [0, 0.05) is 30.2 Å². The number of carbonyl (C=O) groups excluding carboxylic acids is 3. The maximum absolute atomic E-state index is 13.4. The Bertz CT molecular complexity index is 1120. The highest BCUT2D eigenvalue weighted by molar-refractivity contribution is 5.95. The fourth-order valence-electron chi connectivity index (χ4n) is 5.07. The van der Waals surface area contributed by atoms with Crippen LogP contribution in [0, 0.1) is 0 Å². The van der Waals surface area contributed by atoms with Crippen molar-refractivity contribution in [1.82, 2.24) is 20.1 Å². The van der Waals surface area contributed by atoms with Crippen LogP contribution in [0.15, 0.2) is 30.5 Å². The molecule has 3 heterocycles. The normalized spacial score (nSPS) is 21.8. The molecule has 4 atom stereocenters. The number of aliphatic hydroxyl groups excluding tert-OH is 1. The van der Waals surface area contributed by atoms with Gasteiger partial charge in [0.1, 0.15) is 18.1 Å². The predicted molar refractivity (Wildman–Crippen MR) is 126 cm³/mol. The maximum Gasteiger partial charge on any atom is 0.328 e. The zero-order valence-corrected chi connectivity index (χ0v) is 19.4. The summed E-state index contributed by atoms with van der Waals surface area (Å²) >= 11 is 0. The number of aromatic amines is 1. The Labute approximate surface area is 202 Å². The molecule has 1 aromatic carbocycles. The second-order valence-electron chi connectivity index (χ2n) is 9.13. The fraction of sp³-hybridized carbons (Fsp3) is 0.500. The topological polar surface area (TPSA) is 169 Å². The summed E-state index contributed by atoms with van der Waals surface area (Å²) in [6.07, 6.45) is 4.26. The largest absolute Gasteiger partial charge is 0.480 e. The number of fused-ring (bicyclic) bond motifs is 1. The Morgan fingerprint density at radius 2 is 1.77 bits per heavy atom. The molecule has 0 spiro atoms. The van der Waals surface area contributed by atoms with E-state index in [2.05, 4.69) is 10.3 Å². The van der Waals surface area contributed by atoms with E-state index < -0.39 is 42.7 Å². The molecule has 0 saturated carbocycles. The average Bonchev–Trinajstić information content (AvgIpc) is 3.61. The molecule has 4 unspecified atom stereocenters. The molecule has 11 heteroatoms. The van der Waals surface area contributed by atoms with Crippen LogP contribution in [0.4, 0.5) is 0 Å². The standard InChI is InChI=1S/C24H31N5O6/c25-16(11-14-12-26-17-6-2-1-5-15(14)17)22(32)29-10-4-8-20(29)23(33)28-9-3-7-19(28)21(31)27-18(13-30)24(34)35/h1-2,5-6,12,16,18-20,26,30H,3-4,7-11,13,25H2,(H,27,31)(H,34,35). The van der Waals surface area contributed by atoms with Crippen LogP contribution in [-0.2, 0) is 25.6 Å². The van der Waals surface area contributed by atoms with Crippen LogP contribution in [0.25, 0.3) is 10.9 Å². The minimum absolute atomic E-state index is 0.308. The van der Waals surface area contributed by atoms with Crippen molar-refractivity contribution >= 4 is 34.6 Å². The number of H-pyrrole nitrogens is 1. The molecule has 2 aliphatic heterocycles. The van der Waals surface area contributed by atoms with E-state index in [0.717, 1.165) is 16.5 Å². The number of aliphatic carboxylic acids is 1. The van der Waals surface area contributed by atoms with Gasteiger partial charge in [0.2, 0.25) is 17.7 Å². The van der Waals surface area contributed by atoms with Crippen molar-refractivity contribution in [3.8, 4) is 0 Å². The summed E-state index contributed by atoms with van der Waals surface area (Å²) in [6.45, 7) is 0.00178. The lowest BCUT2D eigenvalue weighted by atomic mass is 10.0. The second-order valence-corrected chi connectivity index (χ2v) is 9.13. The monoisotopic (exact) mass is 485 g/mol. The molecule has 0 bridgehead atoms. The summed E-state index contributed by atoms with van der Waals surface area (Å²) in [4.78, 5) is 56.6. The molecular formula is C24H31N5O6. The number of aromatic nitrogens is 1. The molecule has 4 rings (SSSR count). The summed E-state index contributed by atoms with van der Waals surface area (Å²) < 4.78 is 0. The SMILES string of the molecule is NC(Cc1c[nH]c2ccccc12)C(=O)N1CCCC1C(=O)N1CCCC1C(=O)NC(CO)C(=O)O. The van der Waals surface area contributed by atoms with E-state index in [-0.39, 0.29) is 11.8 Å². The van der Waals surface area contributed by atoms with Gasteiger partial charge in [0.25, 0.3) is 0 Å². The Hall–Kier alpha value is -3.44. The van der Waals surface area contributed by atoms with Crippen molar-refractivity contribution in [3.63, 3.8) is 0 Å². The third-order valence-corrected chi connectivity index (χ3v) is 6.89. The van der Waals surface area contributed by atoms with Gasteiger partial charge in [-0.3, -0.25) is 14.4 Å². The van der Waals surface area contributed by atoms with Crippen LogP contribution >= 0.6 is 0 Å². The number of hydrogen-bond donors (Lipinski definition) is 5. The quantitative estimate of drug-likeness (QED) is 0.338. The lowest BCUT2D eigenvalue weighted by Gasteiger charge is -2.32. The van der Waals surface area contributed by atoms with Gasteiger partial charge in [-0.15, -0.1) is 0 Å².